The molecule has 0 saturated heterocycles. The molecule has 0 saturated carbocycles. The number of hydrogen-bond donors (Lipinski definition) is 1. The molecule has 2 rings (SSSR count). The van der Waals surface area contributed by atoms with Gasteiger partial charge in [0.2, 0.25) is 0 Å². The Balaban J connectivity index is 2.00. The third kappa shape index (κ3) is 4.96. The molecule has 1 N–H and O–H groups in total. The van der Waals surface area contributed by atoms with Gasteiger partial charge < -0.3 is 14.8 Å². The van der Waals surface area contributed by atoms with Gasteiger partial charge in [-0.1, -0.05) is 23.2 Å². The Bertz CT molecular complexity index is 732. The van der Waals surface area contributed by atoms with E-state index in [0.29, 0.717) is 28.4 Å². The van der Waals surface area contributed by atoms with Crippen molar-refractivity contribution in [3.05, 3.63) is 63.6 Å². The first-order valence-corrected chi connectivity index (χ1v) is 7.79. The first kappa shape index (κ1) is 18.3. The lowest BCUT2D eigenvalue weighted by Gasteiger charge is -2.08. The second-order valence-corrected chi connectivity index (χ2v) is 5.63. The zero-order chi connectivity index (χ0) is 17.5. The van der Waals surface area contributed by atoms with Gasteiger partial charge in [0.05, 0.1) is 22.8 Å². The van der Waals surface area contributed by atoms with Crippen LogP contribution >= 0.6 is 23.2 Å². The molecule has 0 aromatic heterocycles. The summed E-state index contributed by atoms with van der Waals surface area (Å²) >= 11 is 11.8. The Kier molecular flexibility index (Phi) is 6.61. The normalized spacial score (nSPS) is 10.3. The molecule has 126 valence electrons. The molecule has 2 aromatic carbocycles. The minimum absolute atomic E-state index is 0.183. The summed E-state index contributed by atoms with van der Waals surface area (Å²) in [6.45, 7) is 0.518. The van der Waals surface area contributed by atoms with Crippen molar-refractivity contribution in [2.24, 2.45) is 0 Å². The number of hydrogen-bond acceptors (Lipinski definition) is 4. The molecule has 0 heterocycles. The minimum Gasteiger partial charge on any atom is -0.460 e. The number of methoxy groups -OCH3 is 1. The fourth-order valence-corrected chi connectivity index (χ4v) is 2.36. The molecule has 0 aliphatic carbocycles. The highest BCUT2D eigenvalue weighted by atomic mass is 35.5. The summed E-state index contributed by atoms with van der Waals surface area (Å²) in [5.74, 6) is -0.822. The lowest BCUT2D eigenvalue weighted by atomic mass is 10.2. The van der Waals surface area contributed by atoms with E-state index < -0.39 is 5.97 Å². The van der Waals surface area contributed by atoms with Gasteiger partial charge in [-0.2, -0.15) is 0 Å². The van der Waals surface area contributed by atoms with Crippen molar-refractivity contribution in [3.8, 4) is 0 Å². The summed E-state index contributed by atoms with van der Waals surface area (Å²) in [6.07, 6.45) is 0. The van der Waals surface area contributed by atoms with Crippen molar-refractivity contribution in [2.45, 2.75) is 0 Å². The van der Waals surface area contributed by atoms with Crippen LogP contribution in [-0.4, -0.2) is 32.2 Å². The molecule has 24 heavy (non-hydrogen) atoms. The van der Waals surface area contributed by atoms with Gasteiger partial charge in [-0.25, -0.2) is 4.79 Å². The Morgan fingerprint density at radius 1 is 1.04 bits per heavy atom. The zero-order valence-corrected chi connectivity index (χ0v) is 14.4. The van der Waals surface area contributed by atoms with E-state index in [1.807, 2.05) is 0 Å². The highest BCUT2D eigenvalue weighted by molar-refractivity contribution is 6.37. The van der Waals surface area contributed by atoms with E-state index in [9.17, 15) is 9.59 Å². The van der Waals surface area contributed by atoms with Crippen molar-refractivity contribution >= 4 is 40.8 Å². The molecule has 5 nitrogen and oxygen atoms in total. The van der Waals surface area contributed by atoms with Crippen molar-refractivity contribution < 1.29 is 19.1 Å². The molecule has 0 aliphatic heterocycles. The Morgan fingerprint density at radius 3 is 2.38 bits per heavy atom. The summed E-state index contributed by atoms with van der Waals surface area (Å²) in [7, 11) is 1.53. The smallest absolute Gasteiger partial charge is 0.338 e. The topological polar surface area (TPSA) is 64.6 Å². The largest absolute Gasteiger partial charge is 0.460 e. The minimum atomic E-state index is -0.453. The molecule has 0 unspecified atom stereocenters. The predicted molar refractivity (Wildman–Crippen MR) is 93.0 cm³/mol. The first-order valence-electron chi connectivity index (χ1n) is 7.04. The molecule has 2 aromatic rings. The number of amides is 1. The van der Waals surface area contributed by atoms with Crippen molar-refractivity contribution in [2.75, 3.05) is 25.6 Å². The lowest BCUT2D eigenvalue weighted by molar-refractivity contribution is 0.0388. The third-order valence-corrected chi connectivity index (χ3v) is 3.62. The van der Waals surface area contributed by atoms with Gasteiger partial charge in [0.15, 0.2) is 0 Å². The summed E-state index contributed by atoms with van der Waals surface area (Å²) in [5, 5.41) is 3.41. The maximum atomic E-state index is 12.2. The van der Waals surface area contributed by atoms with Gasteiger partial charge in [-0.3, -0.25) is 4.79 Å². The summed E-state index contributed by atoms with van der Waals surface area (Å²) < 4.78 is 9.81. The molecule has 1 amide bonds. The SMILES string of the molecule is COCCOC(=O)c1ccc(NC(=O)c2ccc(Cl)cc2Cl)cc1. The molecular formula is C17H15Cl2NO4. The van der Waals surface area contributed by atoms with Crippen molar-refractivity contribution in [3.63, 3.8) is 0 Å². The van der Waals surface area contributed by atoms with Crippen LogP contribution in [0.4, 0.5) is 5.69 Å². The molecule has 0 aliphatic rings. The first-order chi connectivity index (χ1) is 11.5. The predicted octanol–water partition coefficient (Wildman–Crippen LogP) is 4.05. The van der Waals surface area contributed by atoms with Crippen LogP contribution < -0.4 is 5.32 Å². The van der Waals surface area contributed by atoms with Crippen LogP contribution in [0.25, 0.3) is 0 Å². The average molecular weight is 368 g/mol. The second-order valence-electron chi connectivity index (χ2n) is 4.78. The van der Waals surface area contributed by atoms with Gasteiger partial charge in [0, 0.05) is 17.8 Å². The average Bonchev–Trinajstić information content (AvgIpc) is 2.55. The van der Waals surface area contributed by atoms with Gasteiger partial charge in [0.1, 0.15) is 6.61 Å². The van der Waals surface area contributed by atoms with Gasteiger partial charge >= 0.3 is 5.97 Å². The van der Waals surface area contributed by atoms with E-state index in [0.717, 1.165) is 0 Å². The Hall–Kier alpha value is -2.08. The maximum Gasteiger partial charge on any atom is 0.338 e. The fraction of sp³-hybridized carbons (Fsp3) is 0.176. The quantitative estimate of drug-likeness (QED) is 0.617. The van der Waals surface area contributed by atoms with Crippen LogP contribution in [0.1, 0.15) is 20.7 Å². The fourth-order valence-electron chi connectivity index (χ4n) is 1.86. The van der Waals surface area contributed by atoms with E-state index in [4.69, 9.17) is 32.7 Å². The third-order valence-electron chi connectivity index (χ3n) is 3.07. The number of halogens is 2. The van der Waals surface area contributed by atoms with Crippen molar-refractivity contribution in [1.82, 2.24) is 0 Å². The van der Waals surface area contributed by atoms with Crippen molar-refractivity contribution in [1.29, 1.82) is 0 Å². The Morgan fingerprint density at radius 2 is 1.75 bits per heavy atom. The van der Waals surface area contributed by atoms with Crippen LogP contribution in [0.2, 0.25) is 10.0 Å². The van der Waals surface area contributed by atoms with Crippen LogP contribution in [-0.2, 0) is 9.47 Å². The molecule has 0 atom stereocenters. The molecule has 0 radical (unpaired) electrons. The summed E-state index contributed by atoms with van der Waals surface area (Å²) in [4.78, 5) is 24.0. The number of anilines is 1. The van der Waals surface area contributed by atoms with E-state index in [-0.39, 0.29) is 17.5 Å². The van der Waals surface area contributed by atoms with Gasteiger partial charge in [0.25, 0.3) is 5.91 Å². The van der Waals surface area contributed by atoms with Gasteiger partial charge in [-0.15, -0.1) is 0 Å². The van der Waals surface area contributed by atoms with Crippen LogP contribution in [0.15, 0.2) is 42.5 Å². The lowest BCUT2D eigenvalue weighted by Crippen LogP contribution is -2.13. The van der Waals surface area contributed by atoms with E-state index in [1.165, 1.54) is 13.2 Å². The molecule has 0 fully saturated rings. The molecule has 7 heteroatoms. The highest BCUT2D eigenvalue weighted by Gasteiger charge is 2.12. The maximum absolute atomic E-state index is 12.2. The highest BCUT2D eigenvalue weighted by Crippen LogP contribution is 2.22. The van der Waals surface area contributed by atoms with E-state index >= 15 is 0 Å². The number of carbonyl (C=O) groups is 2. The number of rotatable bonds is 6. The van der Waals surface area contributed by atoms with Crippen LogP contribution in [0.5, 0.6) is 0 Å². The zero-order valence-electron chi connectivity index (χ0n) is 12.8. The second kappa shape index (κ2) is 8.68. The monoisotopic (exact) mass is 367 g/mol. The molecule has 0 spiro atoms. The van der Waals surface area contributed by atoms with Crippen LogP contribution in [0, 0.1) is 0 Å². The molecular weight excluding hydrogens is 353 g/mol. The van der Waals surface area contributed by atoms with E-state index in [1.54, 1.807) is 36.4 Å². The number of benzene rings is 2. The summed E-state index contributed by atoms with van der Waals surface area (Å²) in [5.41, 5.74) is 1.22. The van der Waals surface area contributed by atoms with Gasteiger partial charge in [-0.05, 0) is 42.5 Å². The number of carbonyl (C=O) groups excluding carboxylic acids is 2. The summed E-state index contributed by atoms with van der Waals surface area (Å²) in [6, 6.07) is 11.0. The van der Waals surface area contributed by atoms with Crippen LogP contribution in [0.3, 0.4) is 0 Å². The number of ether oxygens (including phenoxy) is 2. The Labute approximate surface area is 149 Å². The van der Waals surface area contributed by atoms with E-state index in [2.05, 4.69) is 5.32 Å². The standard InChI is InChI=1S/C17H15Cl2NO4/c1-23-8-9-24-17(22)11-2-5-13(6-3-11)20-16(21)14-7-4-12(18)10-15(14)19/h2-7,10H,8-9H2,1H3,(H,20,21). The number of nitrogens with one attached hydrogen (secondary N) is 1. The number of esters is 1. The molecule has 0 bridgehead atoms.